The molecule has 0 aromatic carbocycles. The summed E-state index contributed by atoms with van der Waals surface area (Å²) in [7, 11) is 2.01. The Labute approximate surface area is 99.6 Å². The third-order valence-corrected chi connectivity index (χ3v) is 4.22. The van der Waals surface area contributed by atoms with Gasteiger partial charge in [0.05, 0.1) is 0 Å². The van der Waals surface area contributed by atoms with Gasteiger partial charge < -0.3 is 10.2 Å². The normalized spacial score (nSPS) is 20.9. The fourth-order valence-corrected chi connectivity index (χ4v) is 2.03. The lowest BCUT2D eigenvalue weighted by molar-refractivity contribution is -0.142. The smallest absolute Gasteiger partial charge is 0.228 e. The predicted molar refractivity (Wildman–Crippen MR) is 67.4 cm³/mol. The third kappa shape index (κ3) is 2.76. The van der Waals surface area contributed by atoms with Crippen LogP contribution in [0, 0.1) is 5.41 Å². The molecule has 16 heavy (non-hydrogen) atoms. The quantitative estimate of drug-likeness (QED) is 0.798. The van der Waals surface area contributed by atoms with E-state index in [-0.39, 0.29) is 11.0 Å². The van der Waals surface area contributed by atoms with Gasteiger partial charge in [0.1, 0.15) is 0 Å². The molecule has 0 atom stereocenters. The third-order valence-electron chi connectivity index (χ3n) is 4.22. The molecule has 3 nitrogen and oxygen atoms in total. The van der Waals surface area contributed by atoms with E-state index in [9.17, 15) is 4.79 Å². The van der Waals surface area contributed by atoms with E-state index in [0.717, 1.165) is 32.4 Å². The van der Waals surface area contributed by atoms with Crippen LogP contribution in [0.4, 0.5) is 0 Å². The lowest BCUT2D eigenvalue weighted by Gasteiger charge is -2.41. The number of carbonyl (C=O) groups excluding carboxylic acids is 1. The molecule has 0 bridgehead atoms. The lowest BCUT2D eigenvalue weighted by Crippen LogP contribution is -2.53. The van der Waals surface area contributed by atoms with E-state index in [2.05, 4.69) is 19.2 Å². The fourth-order valence-electron chi connectivity index (χ4n) is 2.03. The molecule has 1 saturated heterocycles. The summed E-state index contributed by atoms with van der Waals surface area (Å²) in [5.41, 5.74) is 0.0144. The van der Waals surface area contributed by atoms with Gasteiger partial charge in [-0.2, -0.15) is 0 Å². The van der Waals surface area contributed by atoms with Gasteiger partial charge in [-0.3, -0.25) is 4.79 Å². The highest BCUT2D eigenvalue weighted by molar-refractivity contribution is 5.82. The van der Waals surface area contributed by atoms with E-state index >= 15 is 0 Å². The molecule has 1 aliphatic rings. The van der Waals surface area contributed by atoms with Crippen molar-refractivity contribution in [2.24, 2.45) is 5.41 Å². The number of hydrogen-bond donors (Lipinski definition) is 1. The van der Waals surface area contributed by atoms with Gasteiger partial charge >= 0.3 is 0 Å². The highest BCUT2D eigenvalue weighted by Crippen LogP contribution is 2.27. The summed E-state index contributed by atoms with van der Waals surface area (Å²) >= 11 is 0. The maximum absolute atomic E-state index is 12.3. The summed E-state index contributed by atoms with van der Waals surface area (Å²) in [6, 6.07) is 0. The van der Waals surface area contributed by atoms with Crippen LogP contribution < -0.4 is 5.32 Å². The summed E-state index contributed by atoms with van der Waals surface area (Å²) < 4.78 is 0. The molecule has 1 N–H and O–H groups in total. The van der Waals surface area contributed by atoms with Crippen molar-refractivity contribution < 1.29 is 4.79 Å². The summed E-state index contributed by atoms with van der Waals surface area (Å²) in [4.78, 5) is 14.3. The Morgan fingerprint density at radius 1 is 1.38 bits per heavy atom. The van der Waals surface area contributed by atoms with Gasteiger partial charge in [0.25, 0.3) is 0 Å². The number of amides is 1. The van der Waals surface area contributed by atoms with Crippen molar-refractivity contribution >= 4 is 5.91 Å². The molecule has 0 aromatic heterocycles. The molecule has 0 unspecified atom stereocenters. The number of likely N-dealkylation sites (tertiary alicyclic amines) is 1. The van der Waals surface area contributed by atoms with E-state index in [0.29, 0.717) is 5.91 Å². The number of hydrogen-bond acceptors (Lipinski definition) is 2. The highest BCUT2D eigenvalue weighted by Gasteiger charge is 2.35. The molecule has 0 aliphatic carbocycles. The van der Waals surface area contributed by atoms with Gasteiger partial charge in [0, 0.05) is 24.0 Å². The number of carbonyl (C=O) groups is 1. The van der Waals surface area contributed by atoms with E-state index in [4.69, 9.17) is 0 Å². The maximum Gasteiger partial charge on any atom is 0.228 e. The fraction of sp³-hybridized carbons (Fsp3) is 0.923. The first-order valence-corrected chi connectivity index (χ1v) is 6.33. The monoisotopic (exact) mass is 226 g/mol. The Hall–Kier alpha value is -0.570. The van der Waals surface area contributed by atoms with E-state index < -0.39 is 0 Å². The van der Waals surface area contributed by atoms with Crippen LogP contribution in [0.5, 0.6) is 0 Å². The molecule has 0 aromatic rings. The summed E-state index contributed by atoms with van der Waals surface area (Å²) in [5.74, 6) is 0.313. The SMILES string of the molecule is CCC(C)(C)C(=O)N1CCC(C)(NC)CC1. The second-order valence-corrected chi connectivity index (χ2v) is 5.84. The van der Waals surface area contributed by atoms with Crippen LogP contribution in [0.25, 0.3) is 0 Å². The molecule has 1 heterocycles. The molecule has 1 amide bonds. The molecule has 3 heteroatoms. The van der Waals surface area contributed by atoms with Crippen molar-refractivity contribution in [3.05, 3.63) is 0 Å². The molecule has 0 saturated carbocycles. The molecule has 0 radical (unpaired) electrons. The zero-order chi connectivity index (χ0) is 12.4. The minimum atomic E-state index is -0.201. The number of rotatable bonds is 3. The second-order valence-electron chi connectivity index (χ2n) is 5.84. The Kier molecular flexibility index (Phi) is 4.00. The topological polar surface area (TPSA) is 32.3 Å². The molecule has 94 valence electrons. The first kappa shape index (κ1) is 13.5. The van der Waals surface area contributed by atoms with Crippen molar-refractivity contribution in [3.63, 3.8) is 0 Å². The average Bonchev–Trinajstić information content (AvgIpc) is 2.29. The standard InChI is InChI=1S/C13H26N2O/c1-6-12(2,3)11(16)15-9-7-13(4,14-5)8-10-15/h14H,6-10H2,1-5H3. The van der Waals surface area contributed by atoms with Crippen molar-refractivity contribution in [2.45, 2.75) is 52.5 Å². The average molecular weight is 226 g/mol. The maximum atomic E-state index is 12.3. The van der Waals surface area contributed by atoms with E-state index in [1.54, 1.807) is 0 Å². The first-order valence-electron chi connectivity index (χ1n) is 6.33. The minimum absolute atomic E-state index is 0.201. The number of nitrogens with one attached hydrogen (secondary N) is 1. The van der Waals surface area contributed by atoms with Crippen LogP contribution in [0.2, 0.25) is 0 Å². The van der Waals surface area contributed by atoms with Crippen LogP contribution in [0.15, 0.2) is 0 Å². The van der Waals surface area contributed by atoms with Crippen LogP contribution in [-0.4, -0.2) is 36.5 Å². The molecule has 0 spiro atoms. The van der Waals surface area contributed by atoms with Crippen LogP contribution in [0.3, 0.4) is 0 Å². The van der Waals surface area contributed by atoms with Gasteiger partial charge in [-0.05, 0) is 33.2 Å². The zero-order valence-electron chi connectivity index (χ0n) is 11.4. The van der Waals surface area contributed by atoms with Crippen molar-refractivity contribution in [3.8, 4) is 0 Å². The van der Waals surface area contributed by atoms with Gasteiger partial charge in [-0.25, -0.2) is 0 Å². The van der Waals surface area contributed by atoms with E-state index in [1.807, 2.05) is 25.8 Å². The molecule has 1 rings (SSSR count). The van der Waals surface area contributed by atoms with E-state index in [1.165, 1.54) is 0 Å². The molecular formula is C13H26N2O. The Morgan fingerprint density at radius 2 is 1.88 bits per heavy atom. The van der Waals surface area contributed by atoms with Crippen LogP contribution in [0.1, 0.15) is 47.0 Å². The summed E-state index contributed by atoms with van der Waals surface area (Å²) in [5, 5.41) is 3.35. The van der Waals surface area contributed by atoms with Crippen molar-refractivity contribution in [1.29, 1.82) is 0 Å². The predicted octanol–water partition coefficient (Wildman–Crippen LogP) is 2.02. The number of piperidine rings is 1. The lowest BCUT2D eigenvalue weighted by atomic mass is 9.85. The Balaban J connectivity index is 2.58. The summed E-state index contributed by atoms with van der Waals surface area (Å²) in [6.45, 7) is 10.2. The van der Waals surface area contributed by atoms with Crippen molar-refractivity contribution in [2.75, 3.05) is 20.1 Å². The Morgan fingerprint density at radius 3 is 2.25 bits per heavy atom. The van der Waals surface area contributed by atoms with Gasteiger partial charge in [-0.15, -0.1) is 0 Å². The van der Waals surface area contributed by atoms with Crippen molar-refractivity contribution in [1.82, 2.24) is 10.2 Å². The first-order chi connectivity index (χ1) is 7.34. The van der Waals surface area contributed by atoms with Gasteiger partial charge in [0.15, 0.2) is 0 Å². The van der Waals surface area contributed by atoms with Crippen LogP contribution >= 0.6 is 0 Å². The van der Waals surface area contributed by atoms with Gasteiger partial charge in [0.2, 0.25) is 5.91 Å². The highest BCUT2D eigenvalue weighted by atomic mass is 16.2. The molecule has 1 aliphatic heterocycles. The second kappa shape index (κ2) is 4.74. The molecular weight excluding hydrogens is 200 g/mol. The summed E-state index contributed by atoms with van der Waals surface area (Å²) in [6.07, 6.45) is 3.01. The number of nitrogens with zero attached hydrogens (tertiary/aromatic N) is 1. The van der Waals surface area contributed by atoms with Gasteiger partial charge in [-0.1, -0.05) is 20.8 Å². The zero-order valence-corrected chi connectivity index (χ0v) is 11.4. The largest absolute Gasteiger partial charge is 0.342 e. The molecule has 1 fully saturated rings. The minimum Gasteiger partial charge on any atom is -0.342 e. The Bertz CT molecular complexity index is 253. The van der Waals surface area contributed by atoms with Crippen LogP contribution in [-0.2, 0) is 4.79 Å².